The molecule has 1 aliphatic carbocycles. The topological polar surface area (TPSA) is 17.1 Å². The van der Waals surface area contributed by atoms with Crippen LogP contribution in [-0.2, 0) is 0 Å². The molecule has 1 aliphatic rings. The van der Waals surface area contributed by atoms with Gasteiger partial charge < -0.3 is 0 Å². The highest BCUT2D eigenvalue weighted by atomic mass is 32.1. The van der Waals surface area contributed by atoms with Gasteiger partial charge in [-0.05, 0) is 22.9 Å². The van der Waals surface area contributed by atoms with Crippen molar-refractivity contribution in [1.29, 1.82) is 0 Å². The number of thiophene rings is 2. The van der Waals surface area contributed by atoms with Gasteiger partial charge in [0.25, 0.3) is 0 Å². The number of hydrogen-bond acceptors (Lipinski definition) is 3. The van der Waals surface area contributed by atoms with E-state index in [4.69, 9.17) is 0 Å². The zero-order valence-electron chi connectivity index (χ0n) is 6.03. The fraction of sp³-hybridized carbons (Fsp3) is 0. The molecule has 2 aromatic rings. The molecule has 2 aromatic heterocycles. The maximum absolute atomic E-state index is 11.6. The lowest BCUT2D eigenvalue weighted by Gasteiger charge is -1.83. The molecule has 0 N–H and O–H groups in total. The van der Waals surface area contributed by atoms with E-state index in [-0.39, 0.29) is 5.78 Å². The lowest BCUT2D eigenvalue weighted by Crippen LogP contribution is -1.87. The van der Waals surface area contributed by atoms with Crippen LogP contribution in [0.2, 0.25) is 0 Å². The molecule has 0 aromatic carbocycles. The van der Waals surface area contributed by atoms with E-state index in [1.165, 1.54) is 22.7 Å². The highest BCUT2D eigenvalue weighted by molar-refractivity contribution is 7.17. The summed E-state index contributed by atoms with van der Waals surface area (Å²) in [6.45, 7) is 0. The van der Waals surface area contributed by atoms with E-state index in [1.807, 2.05) is 22.9 Å². The lowest BCUT2D eigenvalue weighted by molar-refractivity contribution is 0.105. The Morgan fingerprint density at radius 2 is 1.42 bits per heavy atom. The van der Waals surface area contributed by atoms with E-state index in [0.717, 1.165) is 20.9 Å². The van der Waals surface area contributed by atoms with Gasteiger partial charge in [0.05, 0.1) is 9.75 Å². The first-order valence-electron chi connectivity index (χ1n) is 3.58. The Morgan fingerprint density at radius 1 is 0.917 bits per heavy atom. The molecule has 3 heteroatoms. The molecule has 0 unspecified atom stereocenters. The van der Waals surface area contributed by atoms with Crippen molar-refractivity contribution in [2.75, 3.05) is 0 Å². The van der Waals surface area contributed by atoms with Gasteiger partial charge in [0.15, 0.2) is 0 Å². The molecule has 0 fully saturated rings. The molecule has 1 nitrogen and oxygen atoms in total. The van der Waals surface area contributed by atoms with Gasteiger partial charge in [0.2, 0.25) is 5.78 Å². The quantitative estimate of drug-likeness (QED) is 0.535. The molecule has 0 radical (unpaired) electrons. The average molecular weight is 192 g/mol. The SMILES string of the molecule is O=C1c2sccc2-c2ccsc21. The summed E-state index contributed by atoms with van der Waals surface area (Å²) in [5.41, 5.74) is 2.25. The van der Waals surface area contributed by atoms with Crippen LogP contribution in [0.5, 0.6) is 0 Å². The summed E-state index contributed by atoms with van der Waals surface area (Å²) in [5, 5.41) is 3.95. The number of carbonyl (C=O) groups is 1. The number of ketones is 1. The maximum Gasteiger partial charge on any atom is 0.214 e. The van der Waals surface area contributed by atoms with Crippen LogP contribution in [0.3, 0.4) is 0 Å². The average Bonchev–Trinajstić information content (AvgIpc) is 2.72. The normalized spacial score (nSPS) is 13.2. The first-order chi connectivity index (χ1) is 5.88. The molecule has 0 aliphatic heterocycles. The predicted octanol–water partition coefficient (Wildman–Crippen LogP) is 3.02. The van der Waals surface area contributed by atoms with Crippen LogP contribution >= 0.6 is 22.7 Å². The number of rotatable bonds is 0. The molecule has 0 saturated carbocycles. The van der Waals surface area contributed by atoms with Crippen molar-refractivity contribution in [1.82, 2.24) is 0 Å². The van der Waals surface area contributed by atoms with Crippen LogP contribution in [0, 0.1) is 0 Å². The van der Waals surface area contributed by atoms with Gasteiger partial charge in [0.1, 0.15) is 0 Å². The largest absolute Gasteiger partial charge is 0.287 e. The van der Waals surface area contributed by atoms with Crippen LogP contribution in [-0.4, -0.2) is 5.78 Å². The second-order valence-corrected chi connectivity index (χ2v) is 4.49. The third kappa shape index (κ3) is 0.612. The van der Waals surface area contributed by atoms with Gasteiger partial charge in [-0.2, -0.15) is 0 Å². The Kier molecular flexibility index (Phi) is 1.13. The van der Waals surface area contributed by atoms with Gasteiger partial charge in [-0.25, -0.2) is 0 Å². The summed E-state index contributed by atoms with van der Waals surface area (Å²) < 4.78 is 0. The molecule has 0 saturated heterocycles. The van der Waals surface area contributed by atoms with Crippen LogP contribution in [0.4, 0.5) is 0 Å². The molecule has 0 bridgehead atoms. The molecule has 0 amide bonds. The summed E-state index contributed by atoms with van der Waals surface area (Å²) >= 11 is 3.08. The molecule has 58 valence electrons. The molecule has 0 atom stereocenters. The molecular formula is C9H4OS2. The van der Waals surface area contributed by atoms with E-state index in [1.54, 1.807) is 0 Å². The Hall–Kier alpha value is -0.930. The molecule has 2 heterocycles. The number of carbonyl (C=O) groups excluding carboxylic acids is 1. The minimum Gasteiger partial charge on any atom is -0.287 e. The zero-order chi connectivity index (χ0) is 8.13. The second kappa shape index (κ2) is 2.06. The Bertz CT molecular complexity index is 422. The summed E-state index contributed by atoms with van der Waals surface area (Å²) in [7, 11) is 0. The summed E-state index contributed by atoms with van der Waals surface area (Å²) in [6, 6.07) is 4.05. The first-order valence-corrected chi connectivity index (χ1v) is 5.34. The summed E-state index contributed by atoms with van der Waals surface area (Å²) in [6.07, 6.45) is 0. The fourth-order valence-electron chi connectivity index (χ4n) is 1.50. The van der Waals surface area contributed by atoms with Crippen molar-refractivity contribution >= 4 is 28.5 Å². The van der Waals surface area contributed by atoms with Crippen LogP contribution in [0.15, 0.2) is 22.9 Å². The van der Waals surface area contributed by atoms with Crippen molar-refractivity contribution in [2.24, 2.45) is 0 Å². The first kappa shape index (κ1) is 6.57. The second-order valence-electron chi connectivity index (χ2n) is 2.66. The van der Waals surface area contributed by atoms with E-state index >= 15 is 0 Å². The van der Waals surface area contributed by atoms with Crippen molar-refractivity contribution < 1.29 is 4.79 Å². The minimum absolute atomic E-state index is 0.213. The van der Waals surface area contributed by atoms with Crippen molar-refractivity contribution in [3.05, 3.63) is 32.6 Å². The lowest BCUT2D eigenvalue weighted by atomic mass is 10.2. The Morgan fingerprint density at radius 3 is 1.92 bits per heavy atom. The van der Waals surface area contributed by atoms with Crippen LogP contribution in [0.25, 0.3) is 11.1 Å². The monoisotopic (exact) mass is 192 g/mol. The van der Waals surface area contributed by atoms with Gasteiger partial charge in [0, 0.05) is 11.1 Å². The molecule has 3 rings (SSSR count). The van der Waals surface area contributed by atoms with Crippen molar-refractivity contribution in [3.8, 4) is 11.1 Å². The molecular weight excluding hydrogens is 188 g/mol. The smallest absolute Gasteiger partial charge is 0.214 e. The third-order valence-electron chi connectivity index (χ3n) is 2.03. The maximum atomic E-state index is 11.6. The Balaban J connectivity index is 2.47. The van der Waals surface area contributed by atoms with E-state index in [9.17, 15) is 4.79 Å². The van der Waals surface area contributed by atoms with Gasteiger partial charge in [-0.3, -0.25) is 4.79 Å². The standard InChI is InChI=1S/C9H4OS2/c10-7-8-5(1-3-11-8)6-2-4-12-9(6)7/h1-4H. The van der Waals surface area contributed by atoms with Crippen molar-refractivity contribution in [2.45, 2.75) is 0 Å². The van der Waals surface area contributed by atoms with E-state index in [0.29, 0.717) is 0 Å². The zero-order valence-corrected chi connectivity index (χ0v) is 7.67. The van der Waals surface area contributed by atoms with E-state index < -0.39 is 0 Å². The number of fused-ring (bicyclic) bond motifs is 3. The number of hydrogen-bond donors (Lipinski definition) is 0. The summed E-state index contributed by atoms with van der Waals surface area (Å²) in [4.78, 5) is 13.5. The minimum atomic E-state index is 0.213. The van der Waals surface area contributed by atoms with Gasteiger partial charge in [-0.1, -0.05) is 0 Å². The van der Waals surface area contributed by atoms with Crippen molar-refractivity contribution in [3.63, 3.8) is 0 Å². The highest BCUT2D eigenvalue weighted by Gasteiger charge is 2.28. The van der Waals surface area contributed by atoms with Gasteiger partial charge >= 0.3 is 0 Å². The highest BCUT2D eigenvalue weighted by Crippen LogP contribution is 2.42. The fourth-order valence-corrected chi connectivity index (χ4v) is 3.27. The Labute approximate surface area is 77.3 Å². The van der Waals surface area contributed by atoms with Crippen LogP contribution < -0.4 is 0 Å². The molecule has 12 heavy (non-hydrogen) atoms. The third-order valence-corrected chi connectivity index (χ3v) is 3.86. The summed E-state index contributed by atoms with van der Waals surface area (Å²) in [5.74, 6) is 0.213. The van der Waals surface area contributed by atoms with Crippen LogP contribution in [0.1, 0.15) is 14.5 Å². The van der Waals surface area contributed by atoms with E-state index in [2.05, 4.69) is 0 Å². The van der Waals surface area contributed by atoms with Gasteiger partial charge in [-0.15, -0.1) is 22.7 Å². The molecule has 0 spiro atoms. The predicted molar refractivity (Wildman–Crippen MR) is 51.1 cm³/mol.